The van der Waals surface area contributed by atoms with Crippen LogP contribution in [0.25, 0.3) is 0 Å². The minimum atomic E-state index is -2.79. The summed E-state index contributed by atoms with van der Waals surface area (Å²) in [6, 6.07) is 7.20. The number of nitrogens with zero attached hydrogens (tertiary/aromatic N) is 2. The van der Waals surface area contributed by atoms with E-state index in [0.29, 0.717) is 4.90 Å². The molecule has 1 aliphatic carbocycles. The first-order valence-electron chi connectivity index (χ1n) is 7.28. The minimum absolute atomic E-state index is 0.219. The van der Waals surface area contributed by atoms with Gasteiger partial charge >= 0.3 is 5.91 Å². The van der Waals surface area contributed by atoms with Gasteiger partial charge in [0.05, 0.1) is 9.73 Å². The largest absolute Gasteiger partial charge is 0.360 e. The van der Waals surface area contributed by atoms with Gasteiger partial charge in [-0.25, -0.2) is 4.21 Å². The van der Waals surface area contributed by atoms with Crippen LogP contribution in [0.15, 0.2) is 38.0 Å². The number of carbonyl (C=O) groups excluding carboxylic acids is 1. The lowest BCUT2D eigenvalue weighted by Crippen LogP contribution is -2.08. The van der Waals surface area contributed by atoms with Crippen molar-refractivity contribution in [2.24, 2.45) is 4.36 Å². The zero-order chi connectivity index (χ0) is 15.7. The van der Waals surface area contributed by atoms with Gasteiger partial charge in [0.2, 0.25) is 0 Å². The van der Waals surface area contributed by atoms with Crippen LogP contribution in [0.2, 0.25) is 0 Å². The van der Waals surface area contributed by atoms with Crippen molar-refractivity contribution >= 4 is 15.6 Å². The Labute approximate surface area is 129 Å². The SMILES string of the molecule is Cc1ccc(S(C)(=O)=NC(=O)c2noc3c2CCCC3)cc1. The first kappa shape index (κ1) is 15.0. The average molecular weight is 318 g/mol. The number of aryl methyl sites for hydroxylation is 2. The number of fused-ring (bicyclic) bond motifs is 1. The molecule has 2 aromatic rings. The van der Waals surface area contributed by atoms with Crippen LogP contribution in [0.5, 0.6) is 0 Å². The van der Waals surface area contributed by atoms with E-state index in [9.17, 15) is 9.00 Å². The van der Waals surface area contributed by atoms with Crippen LogP contribution in [-0.2, 0) is 22.6 Å². The molecular formula is C16H18N2O3S. The Balaban J connectivity index is 1.97. The van der Waals surface area contributed by atoms with E-state index in [0.717, 1.165) is 42.6 Å². The average Bonchev–Trinajstić information content (AvgIpc) is 2.91. The van der Waals surface area contributed by atoms with Crippen LogP contribution in [0.3, 0.4) is 0 Å². The van der Waals surface area contributed by atoms with Gasteiger partial charge in [-0.1, -0.05) is 22.9 Å². The molecule has 1 aromatic heterocycles. The molecule has 6 heteroatoms. The van der Waals surface area contributed by atoms with Gasteiger partial charge in [-0.3, -0.25) is 4.79 Å². The summed E-state index contributed by atoms with van der Waals surface area (Å²) in [6.45, 7) is 1.95. The molecule has 0 aliphatic heterocycles. The summed E-state index contributed by atoms with van der Waals surface area (Å²) in [5, 5.41) is 3.85. The molecule has 116 valence electrons. The third-order valence-electron chi connectivity index (χ3n) is 3.87. The monoisotopic (exact) mass is 318 g/mol. The lowest BCUT2D eigenvalue weighted by molar-refractivity contribution is 0.0995. The van der Waals surface area contributed by atoms with E-state index in [1.807, 2.05) is 19.1 Å². The molecule has 0 saturated carbocycles. The van der Waals surface area contributed by atoms with Gasteiger partial charge in [0.15, 0.2) is 5.69 Å². The quantitative estimate of drug-likeness (QED) is 0.852. The van der Waals surface area contributed by atoms with Gasteiger partial charge in [0, 0.05) is 23.1 Å². The van der Waals surface area contributed by atoms with Gasteiger partial charge in [-0.2, -0.15) is 4.36 Å². The Morgan fingerprint density at radius 1 is 1.23 bits per heavy atom. The molecule has 1 aliphatic rings. The number of hydrogen-bond donors (Lipinski definition) is 0. The van der Waals surface area contributed by atoms with E-state index < -0.39 is 15.6 Å². The summed E-state index contributed by atoms with van der Waals surface area (Å²) in [6.07, 6.45) is 5.09. The van der Waals surface area contributed by atoms with Gasteiger partial charge in [0.25, 0.3) is 0 Å². The van der Waals surface area contributed by atoms with E-state index in [1.165, 1.54) is 6.26 Å². The van der Waals surface area contributed by atoms with Crippen molar-refractivity contribution in [2.45, 2.75) is 37.5 Å². The summed E-state index contributed by atoms with van der Waals surface area (Å²) in [5.74, 6) is 0.211. The molecule has 1 amide bonds. The van der Waals surface area contributed by atoms with Gasteiger partial charge in [-0.05, 0) is 38.3 Å². The maximum absolute atomic E-state index is 12.7. The third-order valence-corrected chi connectivity index (χ3v) is 5.53. The number of rotatable bonds is 2. The second-order valence-electron chi connectivity index (χ2n) is 5.65. The molecule has 1 heterocycles. The highest BCUT2D eigenvalue weighted by atomic mass is 32.2. The molecular weight excluding hydrogens is 300 g/mol. The summed E-state index contributed by atoms with van der Waals surface area (Å²) in [7, 11) is -2.79. The first-order valence-corrected chi connectivity index (χ1v) is 9.20. The van der Waals surface area contributed by atoms with Crippen LogP contribution in [0.1, 0.15) is 40.2 Å². The fourth-order valence-corrected chi connectivity index (χ4v) is 3.75. The van der Waals surface area contributed by atoms with Crippen molar-refractivity contribution in [3.8, 4) is 0 Å². The lowest BCUT2D eigenvalue weighted by Gasteiger charge is -2.08. The molecule has 1 aromatic carbocycles. The second-order valence-corrected chi connectivity index (χ2v) is 7.91. The van der Waals surface area contributed by atoms with Crippen LogP contribution in [0, 0.1) is 6.92 Å². The van der Waals surface area contributed by atoms with E-state index in [-0.39, 0.29) is 5.69 Å². The topological polar surface area (TPSA) is 72.5 Å². The van der Waals surface area contributed by atoms with Crippen molar-refractivity contribution < 1.29 is 13.5 Å². The standard InChI is InChI=1S/C16H18N2O3S/c1-11-7-9-12(10-8-11)22(2,20)18-16(19)15-13-5-3-4-6-14(13)21-17-15/h7-10H,3-6H2,1-2H3. The summed E-state index contributed by atoms with van der Waals surface area (Å²) >= 11 is 0. The zero-order valence-electron chi connectivity index (χ0n) is 12.7. The Kier molecular flexibility index (Phi) is 3.87. The molecule has 0 bridgehead atoms. The molecule has 22 heavy (non-hydrogen) atoms. The van der Waals surface area contributed by atoms with Gasteiger partial charge < -0.3 is 4.52 Å². The third kappa shape index (κ3) is 2.83. The molecule has 1 unspecified atom stereocenters. The van der Waals surface area contributed by atoms with Crippen LogP contribution < -0.4 is 0 Å². The zero-order valence-corrected chi connectivity index (χ0v) is 13.5. The maximum atomic E-state index is 12.7. The number of amides is 1. The van der Waals surface area contributed by atoms with Crippen molar-refractivity contribution in [2.75, 3.05) is 6.26 Å². The minimum Gasteiger partial charge on any atom is -0.360 e. The maximum Gasteiger partial charge on any atom is 0.307 e. The van der Waals surface area contributed by atoms with E-state index in [4.69, 9.17) is 4.52 Å². The number of aromatic nitrogens is 1. The van der Waals surface area contributed by atoms with E-state index in [2.05, 4.69) is 9.52 Å². The van der Waals surface area contributed by atoms with E-state index in [1.54, 1.807) is 12.1 Å². The molecule has 1 atom stereocenters. The highest BCUT2D eigenvalue weighted by Crippen LogP contribution is 2.25. The molecule has 0 saturated heterocycles. The predicted octanol–water partition coefficient (Wildman–Crippen LogP) is 3.16. The molecule has 3 rings (SSSR count). The van der Waals surface area contributed by atoms with Crippen LogP contribution >= 0.6 is 0 Å². The molecule has 0 radical (unpaired) electrons. The van der Waals surface area contributed by atoms with Crippen molar-refractivity contribution in [3.05, 3.63) is 46.8 Å². The Morgan fingerprint density at radius 3 is 2.64 bits per heavy atom. The predicted molar refractivity (Wildman–Crippen MR) is 83.4 cm³/mol. The molecule has 0 spiro atoms. The number of carbonyl (C=O) groups is 1. The van der Waals surface area contributed by atoms with Crippen molar-refractivity contribution in [1.82, 2.24) is 5.16 Å². The Morgan fingerprint density at radius 2 is 1.91 bits per heavy atom. The summed E-state index contributed by atoms with van der Waals surface area (Å²) < 4.78 is 21.9. The first-order chi connectivity index (χ1) is 10.5. The molecule has 5 nitrogen and oxygen atoms in total. The highest BCUT2D eigenvalue weighted by molar-refractivity contribution is 7.93. The summed E-state index contributed by atoms with van der Waals surface area (Å²) in [4.78, 5) is 12.9. The molecule has 0 N–H and O–H groups in total. The molecule has 0 fully saturated rings. The van der Waals surface area contributed by atoms with E-state index >= 15 is 0 Å². The lowest BCUT2D eigenvalue weighted by atomic mass is 9.96. The van der Waals surface area contributed by atoms with Crippen molar-refractivity contribution in [1.29, 1.82) is 0 Å². The Bertz CT molecular complexity index is 828. The summed E-state index contributed by atoms with van der Waals surface area (Å²) in [5.41, 5.74) is 2.12. The van der Waals surface area contributed by atoms with Gasteiger partial charge in [0.1, 0.15) is 5.76 Å². The highest BCUT2D eigenvalue weighted by Gasteiger charge is 2.24. The van der Waals surface area contributed by atoms with Crippen LogP contribution in [0.4, 0.5) is 0 Å². The Hall–Kier alpha value is -1.95. The van der Waals surface area contributed by atoms with Crippen molar-refractivity contribution in [3.63, 3.8) is 0 Å². The fraction of sp³-hybridized carbons (Fsp3) is 0.375. The number of hydrogen-bond acceptors (Lipinski definition) is 4. The van der Waals surface area contributed by atoms with Crippen LogP contribution in [-0.4, -0.2) is 21.5 Å². The number of benzene rings is 1. The second kappa shape index (κ2) is 5.68. The fourth-order valence-electron chi connectivity index (χ4n) is 2.60. The van der Waals surface area contributed by atoms with Gasteiger partial charge in [-0.15, -0.1) is 0 Å². The normalized spacial score (nSPS) is 16.6. The smallest absolute Gasteiger partial charge is 0.307 e.